The number of benzene rings is 4. The molecule has 4 aliphatic rings. The van der Waals surface area contributed by atoms with Crippen LogP contribution in [0.3, 0.4) is 0 Å². The normalized spacial score (nSPS) is 20.5. The Bertz CT molecular complexity index is 2560. The smallest absolute Gasteiger partial charge is 0.288 e. The van der Waals surface area contributed by atoms with E-state index in [2.05, 4.69) is 10.6 Å². The molecule has 0 aliphatic carbocycles. The van der Waals surface area contributed by atoms with E-state index in [0.29, 0.717) is 0 Å². The summed E-state index contributed by atoms with van der Waals surface area (Å²) in [5.41, 5.74) is 3.62. The fraction of sp³-hybridized carbons (Fsp3) is 0.302. The Kier molecular flexibility index (Phi) is 12.4. The number of fused-ring (bicyclic) bond motifs is 4. The lowest BCUT2D eigenvalue weighted by Crippen LogP contribution is -2.46. The van der Waals surface area contributed by atoms with Crippen LogP contribution in [-0.4, -0.2) is 110 Å². The van der Waals surface area contributed by atoms with Crippen LogP contribution in [0.25, 0.3) is 11.1 Å². The Balaban J connectivity index is 0.978. The molecule has 2 amide bonds. The molecule has 16 nitrogen and oxygen atoms in total. The van der Waals surface area contributed by atoms with E-state index in [1.54, 1.807) is 35.9 Å². The molecule has 4 N–H and O–H groups in total. The number of rotatable bonds is 14. The number of nitrogens with one attached hydrogen (secondary N) is 2. The van der Waals surface area contributed by atoms with Crippen molar-refractivity contribution in [3.8, 4) is 23.0 Å². The van der Waals surface area contributed by atoms with Crippen molar-refractivity contribution in [2.45, 2.75) is 51.9 Å². The lowest BCUT2D eigenvalue weighted by molar-refractivity contribution is 0.0782. The fourth-order valence-corrected chi connectivity index (χ4v) is 10.8. The zero-order chi connectivity index (χ0) is 44.8. The second-order valence-electron chi connectivity index (χ2n) is 15.0. The van der Waals surface area contributed by atoms with Crippen molar-refractivity contribution >= 4 is 78.1 Å². The molecular formula is C43H44N4O12S4. The van der Waals surface area contributed by atoms with Gasteiger partial charge in [0.05, 0.1) is 62.0 Å². The van der Waals surface area contributed by atoms with Gasteiger partial charge in [0.15, 0.2) is 33.7 Å². The van der Waals surface area contributed by atoms with Gasteiger partial charge in [-0.2, -0.15) is 16.8 Å². The number of anilines is 2. The molecule has 4 atom stereocenters. The van der Waals surface area contributed by atoms with Crippen LogP contribution in [0, 0.1) is 0 Å². The SMILES string of the molecule is COc1cc2c(cc1OCCCOc1cc3c(cc1OC)C(=O)N1C=C(c4ccc(SC)cc4)C[C@H]1C(S(=O)(=O)O)N3)NC(S(=O)(=O)O)[C@@H]1CC(c3ccc(SC)cc3)=CN1C2=O. The topological polar surface area (TPSA) is 210 Å². The fourth-order valence-electron chi connectivity index (χ4n) is 8.20. The van der Waals surface area contributed by atoms with Crippen molar-refractivity contribution in [3.63, 3.8) is 0 Å². The molecule has 4 aliphatic heterocycles. The van der Waals surface area contributed by atoms with Gasteiger partial charge in [0.2, 0.25) is 0 Å². The van der Waals surface area contributed by atoms with Crippen LogP contribution < -0.4 is 29.6 Å². The molecule has 4 aromatic rings. The van der Waals surface area contributed by atoms with Gasteiger partial charge in [-0.1, -0.05) is 24.3 Å². The van der Waals surface area contributed by atoms with Crippen molar-refractivity contribution in [1.29, 1.82) is 0 Å². The van der Waals surface area contributed by atoms with E-state index in [-0.39, 0.29) is 78.0 Å². The summed E-state index contributed by atoms with van der Waals surface area (Å²) in [6.45, 7) is 0.113. The van der Waals surface area contributed by atoms with Crippen LogP contribution in [0.1, 0.15) is 51.1 Å². The number of nitrogens with zero attached hydrogens (tertiary/aromatic N) is 2. The molecule has 0 bridgehead atoms. The zero-order valence-electron chi connectivity index (χ0n) is 34.4. The minimum absolute atomic E-state index is 0.0567. The molecule has 0 spiro atoms. The molecule has 0 saturated heterocycles. The van der Waals surface area contributed by atoms with Crippen LogP contribution in [-0.2, 0) is 20.2 Å². The number of carbonyl (C=O) groups is 2. The van der Waals surface area contributed by atoms with Crippen LogP contribution >= 0.6 is 23.5 Å². The molecule has 0 radical (unpaired) electrons. The summed E-state index contributed by atoms with van der Waals surface area (Å²) in [6, 6.07) is 19.3. The van der Waals surface area contributed by atoms with E-state index >= 15 is 0 Å². The summed E-state index contributed by atoms with van der Waals surface area (Å²) < 4.78 is 95.4. The van der Waals surface area contributed by atoms with E-state index in [4.69, 9.17) is 18.9 Å². The highest BCUT2D eigenvalue weighted by Gasteiger charge is 2.47. The van der Waals surface area contributed by atoms with Crippen LogP contribution in [0.5, 0.6) is 23.0 Å². The predicted molar refractivity (Wildman–Crippen MR) is 241 cm³/mol. The van der Waals surface area contributed by atoms with Gasteiger partial charge in [-0.05, 0) is 84.0 Å². The van der Waals surface area contributed by atoms with E-state index in [0.717, 1.165) is 32.1 Å². The predicted octanol–water partition coefficient (Wildman–Crippen LogP) is 6.79. The third-order valence-corrected chi connectivity index (χ3v) is 15.0. The van der Waals surface area contributed by atoms with Crippen LogP contribution in [0.2, 0.25) is 0 Å². The number of amides is 2. The molecule has 2 unspecified atom stereocenters. The summed E-state index contributed by atoms with van der Waals surface area (Å²) in [7, 11) is -6.64. The minimum Gasteiger partial charge on any atom is -0.493 e. The zero-order valence-corrected chi connectivity index (χ0v) is 37.7. The van der Waals surface area contributed by atoms with Crippen LogP contribution in [0.4, 0.5) is 11.4 Å². The number of ether oxygens (including phenoxy) is 4. The molecule has 63 heavy (non-hydrogen) atoms. The highest BCUT2D eigenvalue weighted by molar-refractivity contribution is 7.98. The maximum atomic E-state index is 14.0. The summed E-state index contributed by atoms with van der Waals surface area (Å²) in [5, 5.41) is 2.66. The van der Waals surface area contributed by atoms with E-state index in [1.165, 1.54) is 48.3 Å². The summed E-state index contributed by atoms with van der Waals surface area (Å²) in [5.74, 6) is -0.196. The first-order chi connectivity index (χ1) is 30.1. The summed E-state index contributed by atoms with van der Waals surface area (Å²) in [4.78, 5) is 32.8. The van der Waals surface area contributed by atoms with E-state index in [1.807, 2.05) is 61.0 Å². The third kappa shape index (κ3) is 8.79. The number of thioether (sulfide) groups is 2. The monoisotopic (exact) mass is 936 g/mol. The number of hydrogen-bond acceptors (Lipinski definition) is 14. The number of methoxy groups -OCH3 is 2. The maximum Gasteiger partial charge on any atom is 0.288 e. The minimum atomic E-state index is -4.72. The quantitative estimate of drug-likeness (QED) is 0.0583. The highest BCUT2D eigenvalue weighted by Crippen LogP contribution is 2.44. The maximum absolute atomic E-state index is 14.0. The van der Waals surface area contributed by atoms with Crippen molar-refractivity contribution in [1.82, 2.24) is 9.80 Å². The van der Waals surface area contributed by atoms with Gasteiger partial charge in [-0.3, -0.25) is 18.7 Å². The Labute approximate surface area is 373 Å². The van der Waals surface area contributed by atoms with Gasteiger partial charge in [0, 0.05) is 40.7 Å². The molecule has 0 saturated carbocycles. The van der Waals surface area contributed by atoms with Gasteiger partial charge in [-0.15, -0.1) is 23.5 Å². The van der Waals surface area contributed by atoms with Gasteiger partial charge in [-0.25, -0.2) is 0 Å². The lowest BCUT2D eigenvalue weighted by Gasteiger charge is -2.26. The van der Waals surface area contributed by atoms with Crippen molar-refractivity contribution < 1.29 is 54.5 Å². The van der Waals surface area contributed by atoms with Gasteiger partial charge >= 0.3 is 0 Å². The largest absolute Gasteiger partial charge is 0.493 e. The standard InChI is InChI=1S/C43H44N4O12S4/c1-56-36-18-30-32(44-40(62(50,51)52)34-16-26(22-46(34)42(30)48)24-6-10-28(60-3)11-7-24)20-38(36)58-14-5-15-59-39-21-33-31(19-37(39)57-2)43(49)47-23-27(25-8-12-29(61-4)13-9-25)17-35(47)41(45-33)63(53,54)55/h6-13,18-23,34-35,40-41,44-45H,5,14-17H2,1-4H3,(H,50,51,52)(H,53,54,55)/t34-,35-,40?,41?/m0/s1. The second-order valence-corrected chi connectivity index (χ2v) is 19.9. The van der Waals surface area contributed by atoms with Crippen LogP contribution in [0.15, 0.2) is 95.0 Å². The average molecular weight is 937 g/mol. The van der Waals surface area contributed by atoms with Crippen molar-refractivity contribution in [2.75, 3.05) is 50.6 Å². The van der Waals surface area contributed by atoms with Gasteiger partial charge in [0.25, 0.3) is 32.1 Å². The van der Waals surface area contributed by atoms with Crippen molar-refractivity contribution in [2.24, 2.45) is 0 Å². The molecule has 0 fully saturated rings. The van der Waals surface area contributed by atoms with Crippen molar-refractivity contribution in [3.05, 3.63) is 107 Å². The van der Waals surface area contributed by atoms with Gasteiger partial charge < -0.3 is 39.4 Å². The first-order valence-electron chi connectivity index (χ1n) is 19.6. The number of carbonyl (C=O) groups excluding carboxylic acids is 2. The molecule has 4 aromatic carbocycles. The number of hydrogen-bond donors (Lipinski definition) is 4. The molecule has 0 aromatic heterocycles. The van der Waals surface area contributed by atoms with Gasteiger partial charge in [0.1, 0.15) is 0 Å². The van der Waals surface area contributed by atoms with E-state index in [9.17, 15) is 35.5 Å². The molecular weight excluding hydrogens is 893 g/mol. The first kappa shape index (κ1) is 44.2. The average Bonchev–Trinajstić information content (AvgIpc) is 3.86. The Morgan fingerprint density at radius 2 is 1.00 bits per heavy atom. The summed E-state index contributed by atoms with van der Waals surface area (Å²) >= 11 is 3.17. The third-order valence-electron chi connectivity index (χ3n) is 11.4. The molecule has 8 rings (SSSR count). The highest BCUT2D eigenvalue weighted by atomic mass is 32.2. The molecule has 332 valence electrons. The molecule has 4 heterocycles. The second kappa shape index (κ2) is 17.6. The summed E-state index contributed by atoms with van der Waals surface area (Å²) in [6.07, 6.45) is 7.78. The Morgan fingerprint density at radius 3 is 1.33 bits per heavy atom. The lowest BCUT2D eigenvalue weighted by atomic mass is 10.0. The molecule has 20 heteroatoms. The van der Waals surface area contributed by atoms with E-state index < -0.39 is 54.9 Å². The Morgan fingerprint density at radius 1 is 0.619 bits per heavy atom. The first-order valence-corrected chi connectivity index (χ1v) is 25.1. The Hall–Kier alpha value is -5.38.